The number of rotatable bonds is 2. The van der Waals surface area contributed by atoms with Crippen molar-refractivity contribution in [1.82, 2.24) is 19.2 Å². The van der Waals surface area contributed by atoms with Crippen molar-refractivity contribution in [3.05, 3.63) is 76.8 Å². The third-order valence-corrected chi connectivity index (χ3v) is 4.82. The molecule has 0 bridgehead atoms. The van der Waals surface area contributed by atoms with Crippen LogP contribution >= 0.6 is 0 Å². The monoisotopic (exact) mass is 356 g/mol. The minimum absolute atomic E-state index is 0.225. The van der Waals surface area contributed by atoms with Crippen molar-refractivity contribution in [3.63, 3.8) is 0 Å². The summed E-state index contributed by atoms with van der Waals surface area (Å²) in [6, 6.07) is 17.2. The normalized spacial score (nSPS) is 11.5. The molecule has 0 atom stereocenters. The molecule has 0 saturated heterocycles. The lowest BCUT2D eigenvalue weighted by Gasteiger charge is -2.11. The Kier molecular flexibility index (Phi) is 3.27. The van der Waals surface area contributed by atoms with Gasteiger partial charge in [0.15, 0.2) is 5.65 Å². The zero-order valence-electron chi connectivity index (χ0n) is 14.9. The topological polar surface area (TPSA) is 61.4 Å². The molecule has 6 nitrogen and oxygen atoms in total. The number of aromatic nitrogens is 4. The Balaban J connectivity index is 1.95. The Morgan fingerprint density at radius 3 is 2.67 bits per heavy atom. The van der Waals surface area contributed by atoms with Gasteiger partial charge in [-0.25, -0.2) is 4.98 Å². The molecule has 0 aliphatic rings. The van der Waals surface area contributed by atoms with Crippen molar-refractivity contribution in [1.29, 1.82) is 0 Å². The molecule has 3 heterocycles. The van der Waals surface area contributed by atoms with E-state index in [0.717, 1.165) is 22.1 Å². The predicted octanol–water partition coefficient (Wildman–Crippen LogP) is 3.50. The van der Waals surface area contributed by atoms with Gasteiger partial charge in [0.2, 0.25) is 0 Å². The maximum atomic E-state index is 13.4. The van der Waals surface area contributed by atoms with Crippen LogP contribution in [-0.2, 0) is 0 Å². The Hall–Kier alpha value is -3.67. The van der Waals surface area contributed by atoms with E-state index in [0.29, 0.717) is 22.5 Å². The quantitative estimate of drug-likeness (QED) is 0.486. The second-order valence-corrected chi connectivity index (χ2v) is 6.41. The molecule has 0 aliphatic carbocycles. The van der Waals surface area contributed by atoms with Crippen molar-refractivity contribution in [2.75, 3.05) is 7.11 Å². The molecular weight excluding hydrogens is 340 g/mol. The van der Waals surface area contributed by atoms with Gasteiger partial charge in [-0.1, -0.05) is 24.3 Å². The predicted molar refractivity (Wildman–Crippen MR) is 105 cm³/mol. The molecule has 0 saturated carbocycles. The average Bonchev–Trinajstić information content (AvgIpc) is 3.08. The van der Waals surface area contributed by atoms with E-state index < -0.39 is 0 Å². The second-order valence-electron chi connectivity index (χ2n) is 6.41. The molecule has 0 unspecified atom stereocenters. The van der Waals surface area contributed by atoms with Crippen LogP contribution in [0.15, 0.2) is 65.6 Å². The van der Waals surface area contributed by atoms with Crippen LogP contribution in [0.2, 0.25) is 0 Å². The Morgan fingerprint density at radius 2 is 1.81 bits per heavy atom. The van der Waals surface area contributed by atoms with Gasteiger partial charge in [-0.3, -0.25) is 9.20 Å². The number of aryl methyl sites for hydroxylation is 1. The van der Waals surface area contributed by atoms with Gasteiger partial charge in [-0.15, -0.1) is 0 Å². The van der Waals surface area contributed by atoms with E-state index in [2.05, 4.69) is 5.10 Å². The van der Waals surface area contributed by atoms with Gasteiger partial charge in [-0.2, -0.15) is 9.78 Å². The largest absolute Gasteiger partial charge is 0.494 e. The Labute approximate surface area is 154 Å². The summed E-state index contributed by atoms with van der Waals surface area (Å²) in [5, 5.41) is 5.68. The number of fused-ring (bicyclic) bond motifs is 5. The van der Waals surface area contributed by atoms with Crippen LogP contribution in [0, 0.1) is 6.92 Å². The zero-order chi connectivity index (χ0) is 18.5. The molecule has 0 N–H and O–H groups in total. The molecule has 0 amide bonds. The molecule has 5 rings (SSSR count). The van der Waals surface area contributed by atoms with Gasteiger partial charge in [0.25, 0.3) is 5.56 Å². The lowest BCUT2D eigenvalue weighted by Crippen LogP contribution is -2.22. The van der Waals surface area contributed by atoms with Crippen LogP contribution in [0.3, 0.4) is 0 Å². The van der Waals surface area contributed by atoms with Gasteiger partial charge in [-0.05, 0) is 37.3 Å². The summed E-state index contributed by atoms with van der Waals surface area (Å²) in [6.45, 7) is 2.01. The fourth-order valence-corrected chi connectivity index (χ4v) is 3.62. The first-order chi connectivity index (χ1) is 13.2. The summed E-state index contributed by atoms with van der Waals surface area (Å²) < 4.78 is 8.79. The third kappa shape index (κ3) is 2.16. The molecule has 6 heteroatoms. The molecular formula is C21H16N4O2. The minimum atomic E-state index is -0.225. The van der Waals surface area contributed by atoms with Crippen LogP contribution in [0.5, 0.6) is 5.75 Å². The van der Waals surface area contributed by atoms with Gasteiger partial charge in [0.1, 0.15) is 11.4 Å². The average molecular weight is 356 g/mol. The Bertz CT molecular complexity index is 1400. The van der Waals surface area contributed by atoms with Gasteiger partial charge >= 0.3 is 0 Å². The number of nitrogens with zero attached hydrogens (tertiary/aromatic N) is 4. The van der Waals surface area contributed by atoms with Crippen molar-refractivity contribution in [2.45, 2.75) is 6.92 Å². The van der Waals surface area contributed by atoms with Crippen molar-refractivity contribution in [3.8, 4) is 11.4 Å². The van der Waals surface area contributed by atoms with Crippen molar-refractivity contribution >= 4 is 27.5 Å². The first kappa shape index (κ1) is 15.6. The maximum Gasteiger partial charge on any atom is 0.283 e. The summed E-state index contributed by atoms with van der Waals surface area (Å²) in [4.78, 5) is 18.1. The number of ether oxygens (including phenoxy) is 1. The standard InChI is InChI=1S/C21H16N4O2/c1-13-11-14-12-22-25(17-9-5-6-10-18(17)27-2)21(26)19(14)20-23-15-7-3-4-8-16(15)24(13)20/h3-12H,1-2H3. The molecule has 0 radical (unpaired) electrons. The van der Waals surface area contributed by atoms with Gasteiger partial charge in [0, 0.05) is 11.1 Å². The molecule has 5 aromatic rings. The van der Waals surface area contributed by atoms with Crippen LogP contribution in [0.1, 0.15) is 5.69 Å². The number of pyridine rings is 1. The number of benzene rings is 2. The molecule has 0 aliphatic heterocycles. The third-order valence-electron chi connectivity index (χ3n) is 4.82. The smallest absolute Gasteiger partial charge is 0.283 e. The molecule has 2 aromatic carbocycles. The SMILES string of the molecule is COc1ccccc1-n1ncc2cc(C)n3c4ccccc4nc3c2c1=O. The van der Waals surface area contributed by atoms with E-state index in [1.165, 1.54) is 4.68 Å². The highest BCUT2D eigenvalue weighted by atomic mass is 16.5. The molecule has 3 aromatic heterocycles. The Morgan fingerprint density at radius 1 is 1.04 bits per heavy atom. The van der Waals surface area contributed by atoms with Crippen LogP contribution in [0.4, 0.5) is 0 Å². The molecule has 27 heavy (non-hydrogen) atoms. The van der Waals surface area contributed by atoms with Gasteiger partial charge < -0.3 is 4.74 Å². The van der Waals surface area contributed by atoms with E-state index in [1.54, 1.807) is 13.3 Å². The highest BCUT2D eigenvalue weighted by Crippen LogP contribution is 2.25. The lowest BCUT2D eigenvalue weighted by atomic mass is 10.2. The highest BCUT2D eigenvalue weighted by Gasteiger charge is 2.16. The maximum absolute atomic E-state index is 13.4. The fraction of sp³-hybridized carbons (Fsp3) is 0.0952. The summed E-state index contributed by atoms with van der Waals surface area (Å²) >= 11 is 0. The molecule has 0 spiro atoms. The fourth-order valence-electron chi connectivity index (χ4n) is 3.62. The summed E-state index contributed by atoms with van der Waals surface area (Å²) in [6.07, 6.45) is 1.70. The number of methoxy groups -OCH3 is 1. The first-order valence-corrected chi connectivity index (χ1v) is 8.61. The molecule has 132 valence electrons. The van der Waals surface area contributed by atoms with Crippen molar-refractivity contribution < 1.29 is 4.74 Å². The lowest BCUT2D eigenvalue weighted by molar-refractivity contribution is 0.411. The van der Waals surface area contributed by atoms with Crippen LogP contribution in [0.25, 0.3) is 33.1 Å². The highest BCUT2D eigenvalue weighted by molar-refractivity contribution is 5.97. The zero-order valence-corrected chi connectivity index (χ0v) is 14.9. The van der Waals surface area contributed by atoms with Crippen LogP contribution < -0.4 is 10.3 Å². The number of imidazole rings is 1. The van der Waals surface area contributed by atoms with E-state index in [-0.39, 0.29) is 5.56 Å². The van der Waals surface area contributed by atoms with E-state index >= 15 is 0 Å². The number of para-hydroxylation sites is 4. The van der Waals surface area contributed by atoms with E-state index in [1.807, 2.05) is 65.9 Å². The van der Waals surface area contributed by atoms with E-state index in [9.17, 15) is 4.79 Å². The minimum Gasteiger partial charge on any atom is -0.494 e. The van der Waals surface area contributed by atoms with Crippen LogP contribution in [-0.4, -0.2) is 26.3 Å². The molecule has 0 fully saturated rings. The number of hydrogen-bond acceptors (Lipinski definition) is 4. The summed E-state index contributed by atoms with van der Waals surface area (Å²) in [7, 11) is 1.58. The summed E-state index contributed by atoms with van der Waals surface area (Å²) in [5.74, 6) is 0.586. The summed E-state index contributed by atoms with van der Waals surface area (Å²) in [5.41, 5.74) is 3.85. The van der Waals surface area contributed by atoms with E-state index in [4.69, 9.17) is 9.72 Å². The van der Waals surface area contributed by atoms with Crippen molar-refractivity contribution in [2.24, 2.45) is 0 Å². The first-order valence-electron chi connectivity index (χ1n) is 8.61. The number of hydrogen-bond donors (Lipinski definition) is 0. The van der Waals surface area contributed by atoms with Gasteiger partial charge in [0.05, 0.1) is 29.7 Å². The second kappa shape index (κ2) is 5.67.